The molecule has 166 valence electrons. The number of hydrogen-bond acceptors (Lipinski definition) is 6. The number of carbonyl (C=O) groups is 1. The molecule has 1 fully saturated rings. The van der Waals surface area contributed by atoms with E-state index < -0.39 is 0 Å². The van der Waals surface area contributed by atoms with Crippen LogP contribution in [0, 0.1) is 12.7 Å². The van der Waals surface area contributed by atoms with E-state index in [0.717, 1.165) is 29.9 Å². The van der Waals surface area contributed by atoms with Crippen molar-refractivity contribution in [3.8, 4) is 17.2 Å². The topological polar surface area (TPSA) is 60.9 Å². The van der Waals surface area contributed by atoms with E-state index in [4.69, 9.17) is 14.2 Å². The highest BCUT2D eigenvalue weighted by molar-refractivity contribution is 7.13. The quantitative estimate of drug-likeness (QED) is 0.548. The molecule has 1 amide bonds. The summed E-state index contributed by atoms with van der Waals surface area (Å²) in [6.45, 7) is 3.87. The van der Waals surface area contributed by atoms with E-state index in [9.17, 15) is 9.18 Å². The Kier molecular flexibility index (Phi) is 5.70. The Morgan fingerprint density at radius 2 is 1.97 bits per heavy atom. The van der Waals surface area contributed by atoms with Crippen molar-refractivity contribution in [2.75, 3.05) is 19.8 Å². The highest BCUT2D eigenvalue weighted by Crippen LogP contribution is 2.39. The first-order valence-electron chi connectivity index (χ1n) is 10.6. The van der Waals surface area contributed by atoms with Crippen molar-refractivity contribution >= 4 is 17.2 Å². The van der Waals surface area contributed by atoms with Crippen LogP contribution in [0.5, 0.6) is 17.2 Å². The molecule has 32 heavy (non-hydrogen) atoms. The number of carbonyl (C=O) groups excluding carboxylic acids is 1. The van der Waals surface area contributed by atoms with Crippen LogP contribution < -0.4 is 14.2 Å². The van der Waals surface area contributed by atoms with Crippen molar-refractivity contribution in [3.63, 3.8) is 0 Å². The van der Waals surface area contributed by atoms with Gasteiger partial charge in [0.25, 0.3) is 5.91 Å². The number of nitrogens with zero attached hydrogens (tertiary/aromatic N) is 2. The van der Waals surface area contributed by atoms with E-state index in [1.807, 2.05) is 30.0 Å². The SMILES string of the molecule is Cc1nc(COc2ccc(F)cc2)sc1C(=O)N1CCC[C@@H]1c1ccc2c(c1)OCCO2. The lowest BCUT2D eigenvalue weighted by atomic mass is 10.0. The molecule has 2 aliphatic heterocycles. The summed E-state index contributed by atoms with van der Waals surface area (Å²) in [4.78, 5) is 20.5. The van der Waals surface area contributed by atoms with E-state index in [1.165, 1.54) is 23.5 Å². The predicted molar refractivity (Wildman–Crippen MR) is 118 cm³/mol. The molecule has 0 unspecified atom stereocenters. The zero-order chi connectivity index (χ0) is 22.1. The van der Waals surface area contributed by atoms with Gasteiger partial charge in [0, 0.05) is 6.54 Å². The first-order chi connectivity index (χ1) is 15.6. The lowest BCUT2D eigenvalue weighted by Crippen LogP contribution is -2.30. The fourth-order valence-corrected chi connectivity index (χ4v) is 5.08. The number of amides is 1. The molecule has 6 nitrogen and oxygen atoms in total. The summed E-state index contributed by atoms with van der Waals surface area (Å²) in [6.07, 6.45) is 1.85. The summed E-state index contributed by atoms with van der Waals surface area (Å²) in [5, 5.41) is 0.713. The number of likely N-dealkylation sites (tertiary alicyclic amines) is 1. The standard InChI is InChI=1S/C24H23FN2O4S/c1-15-23(32-22(26-15)14-31-18-7-5-17(25)6-8-18)24(28)27-10-2-3-19(27)16-4-9-20-21(13-16)30-12-11-29-20/h4-9,13,19H,2-3,10-12,14H2,1H3/t19-/m1/s1. The van der Waals surface area contributed by atoms with Gasteiger partial charge in [-0.25, -0.2) is 9.37 Å². The lowest BCUT2D eigenvalue weighted by Gasteiger charge is -2.26. The molecule has 3 aromatic rings. The molecule has 5 rings (SSSR count). The molecule has 0 radical (unpaired) electrons. The van der Waals surface area contributed by atoms with Gasteiger partial charge in [0.15, 0.2) is 11.5 Å². The van der Waals surface area contributed by atoms with Gasteiger partial charge in [0.05, 0.1) is 11.7 Å². The molecule has 1 atom stereocenters. The fraction of sp³-hybridized carbons (Fsp3) is 0.333. The minimum absolute atomic E-state index is 0.00117. The molecule has 3 heterocycles. The van der Waals surface area contributed by atoms with Crippen molar-refractivity contribution in [1.29, 1.82) is 0 Å². The third kappa shape index (κ3) is 4.14. The molecular weight excluding hydrogens is 431 g/mol. The average molecular weight is 455 g/mol. The van der Waals surface area contributed by atoms with Gasteiger partial charge in [-0.3, -0.25) is 4.79 Å². The Labute approximate surface area is 189 Å². The van der Waals surface area contributed by atoms with Gasteiger partial charge < -0.3 is 19.1 Å². The second kappa shape index (κ2) is 8.78. The van der Waals surface area contributed by atoms with Crippen LogP contribution in [0.4, 0.5) is 4.39 Å². The Balaban J connectivity index is 1.31. The maximum atomic E-state index is 13.4. The summed E-state index contributed by atoms with van der Waals surface area (Å²) in [6, 6.07) is 11.8. The molecule has 2 aromatic carbocycles. The van der Waals surface area contributed by atoms with Gasteiger partial charge >= 0.3 is 0 Å². The van der Waals surface area contributed by atoms with Crippen molar-refractivity contribution in [1.82, 2.24) is 9.88 Å². The normalized spacial score (nSPS) is 17.4. The first-order valence-corrected chi connectivity index (χ1v) is 11.5. The first kappa shape index (κ1) is 20.8. The van der Waals surface area contributed by atoms with E-state index in [-0.39, 0.29) is 24.4 Å². The van der Waals surface area contributed by atoms with Gasteiger partial charge in [-0.05, 0) is 61.7 Å². The summed E-state index contributed by atoms with van der Waals surface area (Å²) >= 11 is 1.35. The number of aryl methyl sites for hydroxylation is 1. The van der Waals surface area contributed by atoms with Crippen molar-refractivity contribution in [2.45, 2.75) is 32.4 Å². The van der Waals surface area contributed by atoms with Gasteiger partial charge in [0.2, 0.25) is 0 Å². The van der Waals surface area contributed by atoms with Crippen LogP contribution in [0.1, 0.15) is 44.8 Å². The van der Waals surface area contributed by atoms with Gasteiger partial charge in [-0.1, -0.05) is 6.07 Å². The number of thiazole rings is 1. The minimum atomic E-state index is -0.312. The number of benzene rings is 2. The highest BCUT2D eigenvalue weighted by Gasteiger charge is 2.33. The molecule has 1 saturated heterocycles. The number of halogens is 1. The largest absolute Gasteiger partial charge is 0.486 e. The van der Waals surface area contributed by atoms with Gasteiger partial charge in [-0.2, -0.15) is 0 Å². The van der Waals surface area contributed by atoms with Crippen LogP contribution in [0.15, 0.2) is 42.5 Å². The zero-order valence-corrected chi connectivity index (χ0v) is 18.5. The smallest absolute Gasteiger partial charge is 0.266 e. The molecule has 0 bridgehead atoms. The lowest BCUT2D eigenvalue weighted by molar-refractivity contribution is 0.0739. The number of rotatable bonds is 5. The van der Waals surface area contributed by atoms with Gasteiger partial charge in [0.1, 0.15) is 41.3 Å². The Morgan fingerprint density at radius 3 is 2.78 bits per heavy atom. The second-order valence-electron chi connectivity index (χ2n) is 7.82. The summed E-state index contributed by atoms with van der Waals surface area (Å²) in [5.74, 6) is 1.73. The Morgan fingerprint density at radius 1 is 1.19 bits per heavy atom. The number of hydrogen-bond donors (Lipinski definition) is 0. The molecule has 0 aliphatic carbocycles. The molecule has 0 saturated carbocycles. The fourth-order valence-electron chi connectivity index (χ4n) is 4.14. The third-order valence-corrected chi connectivity index (χ3v) is 6.79. The van der Waals surface area contributed by atoms with E-state index >= 15 is 0 Å². The summed E-state index contributed by atoms with van der Waals surface area (Å²) in [7, 11) is 0. The molecule has 0 spiro atoms. The maximum Gasteiger partial charge on any atom is 0.266 e. The predicted octanol–water partition coefficient (Wildman–Crippen LogP) is 4.92. The van der Waals surface area contributed by atoms with Crippen LogP contribution in [0.2, 0.25) is 0 Å². The molecule has 1 aromatic heterocycles. The Bertz CT molecular complexity index is 1130. The van der Waals surface area contributed by atoms with E-state index in [0.29, 0.717) is 41.1 Å². The number of ether oxygens (including phenoxy) is 3. The van der Waals surface area contributed by atoms with Crippen LogP contribution in [-0.2, 0) is 6.61 Å². The molecule has 2 aliphatic rings. The monoisotopic (exact) mass is 454 g/mol. The summed E-state index contributed by atoms with van der Waals surface area (Å²) < 4.78 is 30.1. The van der Waals surface area contributed by atoms with Crippen molar-refractivity contribution in [3.05, 3.63) is 69.4 Å². The van der Waals surface area contributed by atoms with E-state index in [1.54, 1.807) is 12.1 Å². The van der Waals surface area contributed by atoms with Crippen LogP contribution >= 0.6 is 11.3 Å². The van der Waals surface area contributed by atoms with E-state index in [2.05, 4.69) is 4.98 Å². The third-order valence-electron chi connectivity index (χ3n) is 5.68. The van der Waals surface area contributed by atoms with Gasteiger partial charge in [-0.15, -0.1) is 11.3 Å². The number of aromatic nitrogens is 1. The Hall–Kier alpha value is -3.13. The van der Waals surface area contributed by atoms with Crippen LogP contribution in [0.25, 0.3) is 0 Å². The van der Waals surface area contributed by atoms with Crippen molar-refractivity contribution in [2.24, 2.45) is 0 Å². The van der Waals surface area contributed by atoms with Crippen LogP contribution in [-0.4, -0.2) is 35.5 Å². The average Bonchev–Trinajstić information content (AvgIpc) is 3.45. The molecular formula is C24H23FN2O4S. The summed E-state index contributed by atoms with van der Waals surface area (Å²) in [5.41, 5.74) is 1.76. The molecule has 0 N–H and O–H groups in total. The zero-order valence-electron chi connectivity index (χ0n) is 17.7. The number of fused-ring (bicyclic) bond motifs is 1. The highest BCUT2D eigenvalue weighted by atomic mass is 32.1. The van der Waals surface area contributed by atoms with Crippen molar-refractivity contribution < 1.29 is 23.4 Å². The molecule has 8 heteroatoms. The van der Waals surface area contributed by atoms with Crippen LogP contribution in [0.3, 0.4) is 0 Å². The second-order valence-corrected chi connectivity index (χ2v) is 8.91. The minimum Gasteiger partial charge on any atom is -0.486 e. The maximum absolute atomic E-state index is 13.4.